The molecular formula is C13H14O3. The summed E-state index contributed by atoms with van der Waals surface area (Å²) in [7, 11) is 0. The number of carboxylic acids is 1. The first kappa shape index (κ1) is 10.9. The highest BCUT2D eigenvalue weighted by Crippen LogP contribution is 2.25. The summed E-state index contributed by atoms with van der Waals surface area (Å²) in [5, 5.41) is 8.60. The number of hydrogen-bond acceptors (Lipinski definition) is 2. The quantitative estimate of drug-likeness (QED) is 0.606. The number of epoxide rings is 1. The van der Waals surface area contributed by atoms with Gasteiger partial charge in [0.1, 0.15) is 0 Å². The fourth-order valence-corrected chi connectivity index (χ4v) is 1.72. The minimum Gasteiger partial charge on any atom is -0.478 e. The second-order valence-electron chi connectivity index (χ2n) is 3.92. The van der Waals surface area contributed by atoms with Gasteiger partial charge in [-0.15, -0.1) is 0 Å². The first-order valence-corrected chi connectivity index (χ1v) is 5.32. The predicted octanol–water partition coefficient (Wildman–Crippen LogP) is 1.88. The summed E-state index contributed by atoms with van der Waals surface area (Å²) in [6.07, 6.45) is 3.95. The molecule has 2 atom stereocenters. The number of hydrogen-bond donors (Lipinski definition) is 1. The highest BCUT2D eigenvalue weighted by molar-refractivity contribution is 5.79. The van der Waals surface area contributed by atoms with Crippen molar-refractivity contribution in [3.8, 4) is 0 Å². The molecule has 0 amide bonds. The molecule has 1 saturated heterocycles. The van der Waals surface area contributed by atoms with E-state index in [1.54, 1.807) is 6.08 Å². The van der Waals surface area contributed by atoms with Crippen molar-refractivity contribution in [3.05, 3.63) is 48.0 Å². The Labute approximate surface area is 94.4 Å². The lowest BCUT2D eigenvalue weighted by atomic mass is 9.96. The summed E-state index contributed by atoms with van der Waals surface area (Å²) in [6.45, 7) is 0.738. The Morgan fingerprint density at radius 2 is 2.19 bits per heavy atom. The van der Waals surface area contributed by atoms with Gasteiger partial charge in [-0.1, -0.05) is 36.4 Å². The van der Waals surface area contributed by atoms with E-state index in [9.17, 15) is 4.79 Å². The maximum atomic E-state index is 10.5. The second-order valence-corrected chi connectivity index (χ2v) is 3.92. The normalized spacial score (nSPS) is 20.9. The van der Waals surface area contributed by atoms with E-state index in [-0.39, 0.29) is 12.0 Å². The van der Waals surface area contributed by atoms with Crippen molar-refractivity contribution in [2.75, 3.05) is 6.61 Å². The van der Waals surface area contributed by atoms with Crippen LogP contribution >= 0.6 is 0 Å². The Hall–Kier alpha value is -1.61. The summed E-state index contributed by atoms with van der Waals surface area (Å²) in [6, 6.07) is 10.0. The molecule has 1 aliphatic heterocycles. The lowest BCUT2D eigenvalue weighted by Crippen LogP contribution is -2.09. The number of aliphatic carboxylic acids is 1. The molecule has 0 spiro atoms. The van der Waals surface area contributed by atoms with Crippen molar-refractivity contribution in [2.24, 2.45) is 5.92 Å². The highest BCUT2D eigenvalue weighted by Gasteiger charge is 2.30. The number of rotatable bonds is 5. The molecule has 84 valence electrons. The van der Waals surface area contributed by atoms with E-state index >= 15 is 0 Å². The van der Waals surface area contributed by atoms with Crippen LogP contribution in [0.3, 0.4) is 0 Å². The third kappa shape index (κ3) is 3.21. The van der Waals surface area contributed by atoms with Crippen molar-refractivity contribution in [1.29, 1.82) is 0 Å². The molecule has 1 aromatic carbocycles. The first-order chi connectivity index (χ1) is 7.75. The third-order valence-corrected chi connectivity index (χ3v) is 2.64. The van der Waals surface area contributed by atoms with Gasteiger partial charge in [-0.3, -0.25) is 0 Å². The van der Waals surface area contributed by atoms with Crippen molar-refractivity contribution < 1.29 is 14.6 Å². The van der Waals surface area contributed by atoms with Crippen LogP contribution in [-0.4, -0.2) is 23.8 Å². The lowest BCUT2D eigenvalue weighted by molar-refractivity contribution is -0.131. The molecule has 1 aliphatic rings. The maximum absolute atomic E-state index is 10.5. The van der Waals surface area contributed by atoms with Crippen molar-refractivity contribution in [2.45, 2.75) is 12.5 Å². The van der Waals surface area contributed by atoms with E-state index < -0.39 is 5.97 Å². The van der Waals surface area contributed by atoms with Crippen LogP contribution in [0.2, 0.25) is 0 Å². The minimum atomic E-state index is -0.904. The summed E-state index contributed by atoms with van der Waals surface area (Å²) in [5.41, 5.74) is 1.21. The van der Waals surface area contributed by atoms with Crippen molar-refractivity contribution >= 4 is 5.97 Å². The first-order valence-electron chi connectivity index (χ1n) is 5.32. The summed E-state index contributed by atoms with van der Waals surface area (Å²) in [4.78, 5) is 10.5. The van der Waals surface area contributed by atoms with Gasteiger partial charge in [0.2, 0.25) is 0 Å². The second kappa shape index (κ2) is 4.94. The zero-order valence-electron chi connectivity index (χ0n) is 8.87. The molecule has 1 fully saturated rings. The molecule has 0 saturated carbocycles. The molecule has 3 heteroatoms. The predicted molar refractivity (Wildman–Crippen MR) is 60.2 cm³/mol. The lowest BCUT2D eigenvalue weighted by Gasteiger charge is -2.09. The Kier molecular flexibility index (Phi) is 3.37. The molecular weight excluding hydrogens is 204 g/mol. The van der Waals surface area contributed by atoms with E-state index in [4.69, 9.17) is 9.84 Å². The Balaban J connectivity index is 2.00. The number of ether oxygens (including phenoxy) is 1. The smallest absolute Gasteiger partial charge is 0.327 e. The zero-order chi connectivity index (χ0) is 11.4. The maximum Gasteiger partial charge on any atom is 0.327 e. The molecule has 1 N–H and O–H groups in total. The van der Waals surface area contributed by atoms with Crippen LogP contribution in [0, 0.1) is 5.92 Å². The van der Waals surface area contributed by atoms with E-state index in [0.717, 1.165) is 13.0 Å². The summed E-state index contributed by atoms with van der Waals surface area (Å²) < 4.78 is 5.23. The largest absolute Gasteiger partial charge is 0.478 e. The van der Waals surface area contributed by atoms with Crippen LogP contribution in [0.1, 0.15) is 5.56 Å². The van der Waals surface area contributed by atoms with Gasteiger partial charge in [0.05, 0.1) is 12.7 Å². The molecule has 0 aromatic heterocycles. The molecule has 0 bridgehead atoms. The van der Waals surface area contributed by atoms with Gasteiger partial charge in [-0.2, -0.15) is 0 Å². The van der Waals surface area contributed by atoms with Crippen LogP contribution in [0.5, 0.6) is 0 Å². The van der Waals surface area contributed by atoms with Crippen LogP contribution in [-0.2, 0) is 16.0 Å². The molecule has 16 heavy (non-hydrogen) atoms. The van der Waals surface area contributed by atoms with Gasteiger partial charge in [0.25, 0.3) is 0 Å². The van der Waals surface area contributed by atoms with E-state index in [1.165, 1.54) is 11.6 Å². The molecule has 1 aromatic rings. The molecule has 2 rings (SSSR count). The van der Waals surface area contributed by atoms with E-state index in [1.807, 2.05) is 30.3 Å². The standard InChI is InChI=1S/C13H14O3/c14-13(15)7-6-11(12-9-16-12)8-10-4-2-1-3-5-10/h1-7,11-12H,8-9H2,(H,14,15)/b7-6+/t11?,12-/m0/s1. The molecule has 0 aliphatic carbocycles. The van der Waals surface area contributed by atoms with Crippen LogP contribution < -0.4 is 0 Å². The molecule has 1 unspecified atom stereocenters. The van der Waals surface area contributed by atoms with Crippen molar-refractivity contribution in [3.63, 3.8) is 0 Å². The van der Waals surface area contributed by atoms with Gasteiger partial charge in [-0.05, 0) is 12.0 Å². The molecule has 1 heterocycles. The SMILES string of the molecule is O=C(O)/C=C/C(Cc1ccccc1)[C@@H]1CO1. The van der Waals surface area contributed by atoms with Crippen LogP contribution in [0.15, 0.2) is 42.5 Å². The zero-order valence-corrected chi connectivity index (χ0v) is 8.87. The molecule has 3 nitrogen and oxygen atoms in total. The fourth-order valence-electron chi connectivity index (χ4n) is 1.72. The van der Waals surface area contributed by atoms with Crippen LogP contribution in [0.25, 0.3) is 0 Å². The van der Waals surface area contributed by atoms with E-state index in [2.05, 4.69) is 0 Å². The monoisotopic (exact) mass is 218 g/mol. The summed E-state index contributed by atoms with van der Waals surface area (Å²) in [5.74, 6) is -0.739. The number of carboxylic acid groups (broad SMARTS) is 1. The third-order valence-electron chi connectivity index (χ3n) is 2.64. The Morgan fingerprint density at radius 1 is 1.50 bits per heavy atom. The average molecular weight is 218 g/mol. The highest BCUT2D eigenvalue weighted by atomic mass is 16.6. The van der Waals surface area contributed by atoms with Gasteiger partial charge >= 0.3 is 5.97 Å². The number of benzene rings is 1. The Bertz CT molecular complexity index is 379. The Morgan fingerprint density at radius 3 is 2.75 bits per heavy atom. The topological polar surface area (TPSA) is 49.8 Å². The van der Waals surface area contributed by atoms with E-state index in [0.29, 0.717) is 0 Å². The van der Waals surface area contributed by atoms with Crippen LogP contribution in [0.4, 0.5) is 0 Å². The fraction of sp³-hybridized carbons (Fsp3) is 0.308. The summed E-state index contributed by atoms with van der Waals surface area (Å²) >= 11 is 0. The van der Waals surface area contributed by atoms with Gasteiger partial charge in [-0.25, -0.2) is 4.79 Å². The molecule has 0 radical (unpaired) electrons. The van der Waals surface area contributed by atoms with Gasteiger partial charge < -0.3 is 9.84 Å². The number of carbonyl (C=O) groups is 1. The average Bonchev–Trinajstić information content (AvgIpc) is 3.09. The van der Waals surface area contributed by atoms with Gasteiger partial charge in [0, 0.05) is 12.0 Å². The minimum absolute atomic E-state index is 0.165. The van der Waals surface area contributed by atoms with Gasteiger partial charge in [0.15, 0.2) is 0 Å². The van der Waals surface area contributed by atoms with Crippen molar-refractivity contribution in [1.82, 2.24) is 0 Å².